The van der Waals surface area contributed by atoms with E-state index in [0.29, 0.717) is 19.4 Å². The summed E-state index contributed by atoms with van der Waals surface area (Å²) in [5.41, 5.74) is 0. The average molecular weight is 1060 g/mol. The van der Waals surface area contributed by atoms with Gasteiger partial charge in [0.1, 0.15) is 0 Å². The SMILES string of the molecule is CCCCCCCCC/C=C\CCCCCCCC(=O)OCCCCCCCCCCCCCCCCCCCC(=O)NC(CO)C(O)/C=C/CCCCCCCCCCCCCCCCCCCCCCCCC. The van der Waals surface area contributed by atoms with Crippen LogP contribution in [0.25, 0.3) is 0 Å². The molecule has 3 N–H and O–H groups in total. The van der Waals surface area contributed by atoms with Gasteiger partial charge in [0, 0.05) is 12.8 Å². The van der Waals surface area contributed by atoms with Crippen molar-refractivity contribution in [3.8, 4) is 0 Å². The summed E-state index contributed by atoms with van der Waals surface area (Å²) in [6.07, 6.45) is 80.9. The highest BCUT2D eigenvalue weighted by molar-refractivity contribution is 5.76. The van der Waals surface area contributed by atoms with Gasteiger partial charge in [-0.2, -0.15) is 0 Å². The van der Waals surface area contributed by atoms with Gasteiger partial charge in [0.15, 0.2) is 0 Å². The molecule has 0 fully saturated rings. The molecule has 75 heavy (non-hydrogen) atoms. The molecule has 0 aliphatic rings. The molecular formula is C69H133NO5. The van der Waals surface area contributed by atoms with Gasteiger partial charge < -0.3 is 20.3 Å². The molecule has 0 saturated carbocycles. The second-order valence-electron chi connectivity index (χ2n) is 23.5. The predicted molar refractivity (Wildman–Crippen MR) is 329 cm³/mol. The van der Waals surface area contributed by atoms with Gasteiger partial charge >= 0.3 is 5.97 Å². The molecule has 1 amide bonds. The maximum Gasteiger partial charge on any atom is 0.305 e. The van der Waals surface area contributed by atoms with Crippen molar-refractivity contribution < 1.29 is 24.5 Å². The number of aliphatic hydroxyl groups is 2. The highest BCUT2D eigenvalue weighted by Gasteiger charge is 2.18. The number of esters is 1. The average Bonchev–Trinajstić information content (AvgIpc) is 3.41. The van der Waals surface area contributed by atoms with Gasteiger partial charge in [0.05, 0.1) is 25.4 Å². The normalized spacial score (nSPS) is 12.6. The molecule has 0 aromatic heterocycles. The van der Waals surface area contributed by atoms with Gasteiger partial charge in [-0.15, -0.1) is 0 Å². The van der Waals surface area contributed by atoms with E-state index in [2.05, 4.69) is 31.3 Å². The number of allylic oxidation sites excluding steroid dienone is 3. The van der Waals surface area contributed by atoms with Crippen LogP contribution in [0.2, 0.25) is 0 Å². The van der Waals surface area contributed by atoms with Crippen LogP contribution >= 0.6 is 0 Å². The van der Waals surface area contributed by atoms with Gasteiger partial charge in [0.25, 0.3) is 0 Å². The summed E-state index contributed by atoms with van der Waals surface area (Å²) in [6.45, 7) is 4.92. The second-order valence-corrected chi connectivity index (χ2v) is 23.5. The molecule has 444 valence electrons. The molecule has 2 atom stereocenters. The van der Waals surface area contributed by atoms with Crippen LogP contribution in [-0.4, -0.2) is 47.4 Å². The maximum atomic E-state index is 12.5. The van der Waals surface area contributed by atoms with E-state index in [-0.39, 0.29) is 18.5 Å². The quantitative estimate of drug-likeness (QED) is 0.0320. The number of carbonyl (C=O) groups is 2. The number of unbranched alkanes of at least 4 members (excludes halogenated alkanes) is 51. The zero-order chi connectivity index (χ0) is 54.3. The zero-order valence-electron chi connectivity index (χ0n) is 50.8. The minimum Gasteiger partial charge on any atom is -0.466 e. The first-order valence-electron chi connectivity index (χ1n) is 34.1. The lowest BCUT2D eigenvalue weighted by Gasteiger charge is -2.20. The van der Waals surface area contributed by atoms with Crippen molar-refractivity contribution in [1.82, 2.24) is 5.32 Å². The minimum absolute atomic E-state index is 0.00189. The number of nitrogens with one attached hydrogen (secondary N) is 1. The second kappa shape index (κ2) is 64.9. The minimum atomic E-state index is -0.850. The van der Waals surface area contributed by atoms with Crippen molar-refractivity contribution in [1.29, 1.82) is 0 Å². The van der Waals surface area contributed by atoms with E-state index in [1.165, 1.54) is 308 Å². The largest absolute Gasteiger partial charge is 0.466 e. The van der Waals surface area contributed by atoms with Crippen LogP contribution in [0.15, 0.2) is 24.3 Å². The van der Waals surface area contributed by atoms with Crippen molar-refractivity contribution in [3.05, 3.63) is 24.3 Å². The van der Waals surface area contributed by atoms with Crippen molar-refractivity contribution in [2.75, 3.05) is 13.2 Å². The summed E-state index contributed by atoms with van der Waals surface area (Å²) >= 11 is 0. The Morgan fingerprint density at radius 3 is 0.947 bits per heavy atom. The Balaban J connectivity index is 3.44. The predicted octanol–water partition coefficient (Wildman–Crippen LogP) is 21.8. The van der Waals surface area contributed by atoms with Gasteiger partial charge in [-0.25, -0.2) is 0 Å². The monoisotopic (exact) mass is 1060 g/mol. The standard InChI is InChI=1S/C69H133NO5/c1-3-5-7-9-11-13-15-17-19-21-22-23-24-25-26-27-28-30-33-37-41-45-49-53-57-61-67(72)66(65-71)70-68(73)62-58-54-50-46-42-38-34-31-29-32-36-40-44-48-52-56-60-64-75-69(74)63-59-55-51-47-43-39-35-20-18-16-14-12-10-8-6-4-2/h20,35,57,61,66-67,71-72H,3-19,21-34,36-56,58-60,62-65H2,1-2H3,(H,70,73)/b35-20-,61-57+. The van der Waals surface area contributed by atoms with Crippen LogP contribution in [0.5, 0.6) is 0 Å². The van der Waals surface area contributed by atoms with E-state index < -0.39 is 12.1 Å². The molecule has 6 heteroatoms. The lowest BCUT2D eigenvalue weighted by molar-refractivity contribution is -0.143. The first-order valence-corrected chi connectivity index (χ1v) is 34.1. The van der Waals surface area contributed by atoms with Gasteiger partial charge in [-0.05, 0) is 57.8 Å². The zero-order valence-corrected chi connectivity index (χ0v) is 50.8. The van der Waals surface area contributed by atoms with E-state index in [1.807, 2.05) is 6.08 Å². The number of amides is 1. The topological polar surface area (TPSA) is 95.9 Å². The van der Waals surface area contributed by atoms with Gasteiger partial charge in [0.2, 0.25) is 5.91 Å². The molecule has 0 bridgehead atoms. The molecule has 0 aromatic rings. The third-order valence-electron chi connectivity index (χ3n) is 16.0. The van der Waals surface area contributed by atoms with Crippen LogP contribution in [0.1, 0.15) is 380 Å². The molecule has 0 aliphatic carbocycles. The molecule has 0 saturated heterocycles. The third-order valence-corrected chi connectivity index (χ3v) is 16.0. The molecule has 0 rings (SSSR count). The summed E-state index contributed by atoms with van der Waals surface area (Å²) in [4.78, 5) is 24.6. The molecule has 0 aromatic carbocycles. The number of hydrogen-bond acceptors (Lipinski definition) is 5. The van der Waals surface area contributed by atoms with Gasteiger partial charge in [-0.1, -0.05) is 334 Å². The summed E-state index contributed by atoms with van der Waals surface area (Å²) < 4.78 is 5.49. The summed E-state index contributed by atoms with van der Waals surface area (Å²) in [5.74, 6) is -0.0711. The number of rotatable bonds is 64. The summed E-state index contributed by atoms with van der Waals surface area (Å²) in [7, 11) is 0. The maximum absolute atomic E-state index is 12.5. The van der Waals surface area contributed by atoms with Crippen LogP contribution in [-0.2, 0) is 14.3 Å². The van der Waals surface area contributed by atoms with Crippen molar-refractivity contribution in [2.24, 2.45) is 0 Å². The molecule has 0 radical (unpaired) electrons. The Kier molecular flexibility index (Phi) is 63.4. The molecule has 0 heterocycles. The first kappa shape index (κ1) is 73.3. The van der Waals surface area contributed by atoms with E-state index >= 15 is 0 Å². The third kappa shape index (κ3) is 61.4. The van der Waals surface area contributed by atoms with E-state index in [0.717, 1.165) is 44.9 Å². The number of carbonyl (C=O) groups excluding carboxylic acids is 2. The van der Waals surface area contributed by atoms with Crippen molar-refractivity contribution in [3.63, 3.8) is 0 Å². The Morgan fingerprint density at radius 1 is 0.360 bits per heavy atom. The van der Waals surface area contributed by atoms with Crippen molar-refractivity contribution >= 4 is 11.9 Å². The Labute approximate surface area is 469 Å². The molecule has 0 spiro atoms. The number of ether oxygens (including phenoxy) is 1. The lowest BCUT2D eigenvalue weighted by Crippen LogP contribution is -2.45. The highest BCUT2D eigenvalue weighted by Crippen LogP contribution is 2.18. The Bertz CT molecular complexity index is 1170. The number of aliphatic hydroxyl groups excluding tert-OH is 2. The van der Waals surface area contributed by atoms with Crippen LogP contribution in [0.3, 0.4) is 0 Å². The fourth-order valence-electron chi connectivity index (χ4n) is 10.7. The Morgan fingerprint density at radius 2 is 0.627 bits per heavy atom. The molecule has 2 unspecified atom stereocenters. The van der Waals surface area contributed by atoms with E-state index in [1.54, 1.807) is 6.08 Å². The fourth-order valence-corrected chi connectivity index (χ4v) is 10.7. The fraction of sp³-hybridized carbons (Fsp3) is 0.913. The van der Waals surface area contributed by atoms with E-state index in [9.17, 15) is 19.8 Å². The number of hydrogen-bond donors (Lipinski definition) is 3. The van der Waals surface area contributed by atoms with Crippen molar-refractivity contribution in [2.45, 2.75) is 392 Å². The van der Waals surface area contributed by atoms with E-state index in [4.69, 9.17) is 4.74 Å². The summed E-state index contributed by atoms with van der Waals surface area (Å²) in [5, 5.41) is 23.3. The molecule has 0 aliphatic heterocycles. The molecular weight excluding hydrogens is 923 g/mol. The Hall–Kier alpha value is -1.66. The highest BCUT2D eigenvalue weighted by atomic mass is 16.5. The van der Waals surface area contributed by atoms with Crippen LogP contribution in [0, 0.1) is 0 Å². The van der Waals surface area contributed by atoms with Gasteiger partial charge in [-0.3, -0.25) is 9.59 Å². The first-order chi connectivity index (χ1) is 37.0. The summed E-state index contributed by atoms with van der Waals surface area (Å²) in [6, 6.07) is -0.634. The smallest absolute Gasteiger partial charge is 0.305 e. The lowest BCUT2D eigenvalue weighted by atomic mass is 10.0. The van der Waals surface area contributed by atoms with Crippen LogP contribution in [0.4, 0.5) is 0 Å². The molecule has 6 nitrogen and oxygen atoms in total. The van der Waals surface area contributed by atoms with Crippen LogP contribution < -0.4 is 5.32 Å².